The summed E-state index contributed by atoms with van der Waals surface area (Å²) in [5.74, 6) is 0.787. The molecule has 2 aliphatic rings. The normalized spacial score (nSPS) is 18.8. The second-order valence-corrected chi connectivity index (χ2v) is 7.85. The Morgan fingerprint density at radius 2 is 1.96 bits per heavy atom. The number of aromatic amines is 1. The molecule has 2 aromatic carbocycles. The Labute approximate surface area is 168 Å². The molecule has 6 heteroatoms. The molecule has 1 aliphatic heterocycles. The van der Waals surface area contributed by atoms with E-state index in [1.807, 2.05) is 47.4 Å². The Morgan fingerprint density at radius 1 is 1.18 bits per heavy atom. The first-order valence-electron chi connectivity index (χ1n) is 9.55. The van der Waals surface area contributed by atoms with Gasteiger partial charge in [-0.3, -0.25) is 4.90 Å². The van der Waals surface area contributed by atoms with E-state index in [-0.39, 0.29) is 18.2 Å². The van der Waals surface area contributed by atoms with Gasteiger partial charge in [-0.25, -0.2) is 4.79 Å². The molecule has 0 radical (unpaired) electrons. The van der Waals surface area contributed by atoms with Crippen LogP contribution in [0.3, 0.4) is 0 Å². The number of rotatable bonds is 3. The van der Waals surface area contributed by atoms with Crippen molar-refractivity contribution in [3.8, 4) is 5.75 Å². The minimum atomic E-state index is -0.245. The van der Waals surface area contributed by atoms with E-state index in [0.29, 0.717) is 11.6 Å². The third-order valence-electron chi connectivity index (χ3n) is 5.55. The first-order valence-corrected chi connectivity index (χ1v) is 9.93. The summed E-state index contributed by atoms with van der Waals surface area (Å²) in [6, 6.07) is 13.5. The van der Waals surface area contributed by atoms with Gasteiger partial charge < -0.3 is 14.5 Å². The molecule has 1 aromatic heterocycles. The van der Waals surface area contributed by atoms with Crippen molar-refractivity contribution >= 4 is 28.6 Å². The molecule has 1 unspecified atom stereocenters. The number of hydrogen-bond donors (Lipinski definition) is 1. The van der Waals surface area contributed by atoms with Crippen molar-refractivity contribution in [2.45, 2.75) is 31.4 Å². The highest BCUT2D eigenvalue weighted by Crippen LogP contribution is 2.40. The van der Waals surface area contributed by atoms with E-state index in [9.17, 15) is 4.79 Å². The molecule has 1 atom stereocenters. The highest BCUT2D eigenvalue weighted by atomic mass is 35.5. The Balaban J connectivity index is 1.61. The van der Waals surface area contributed by atoms with E-state index in [4.69, 9.17) is 21.1 Å². The molecular formula is C22H21ClN2O3. The fourth-order valence-electron chi connectivity index (χ4n) is 3.99. The van der Waals surface area contributed by atoms with Crippen molar-refractivity contribution in [2.75, 3.05) is 13.7 Å². The number of nitrogens with zero attached hydrogens (tertiary/aromatic N) is 1. The molecule has 1 aliphatic carbocycles. The van der Waals surface area contributed by atoms with E-state index in [0.717, 1.165) is 47.2 Å². The molecule has 144 valence electrons. The quantitative estimate of drug-likeness (QED) is 0.671. The Hall–Kier alpha value is -2.66. The molecule has 0 saturated heterocycles. The van der Waals surface area contributed by atoms with Crippen LogP contribution in [0, 0.1) is 0 Å². The molecule has 0 spiro atoms. The van der Waals surface area contributed by atoms with Gasteiger partial charge in [0, 0.05) is 28.2 Å². The smallest absolute Gasteiger partial charge is 0.410 e. The van der Waals surface area contributed by atoms with Crippen LogP contribution in [-0.4, -0.2) is 35.7 Å². The van der Waals surface area contributed by atoms with Crippen LogP contribution in [0.2, 0.25) is 5.02 Å². The van der Waals surface area contributed by atoms with E-state index >= 15 is 0 Å². The maximum atomic E-state index is 12.9. The fourth-order valence-corrected chi connectivity index (χ4v) is 4.16. The average molecular weight is 397 g/mol. The van der Waals surface area contributed by atoms with Gasteiger partial charge in [0.05, 0.1) is 7.11 Å². The van der Waals surface area contributed by atoms with Gasteiger partial charge >= 0.3 is 6.09 Å². The van der Waals surface area contributed by atoms with E-state index in [1.165, 1.54) is 5.56 Å². The standard InChI is InChI=1S/C22H21ClN2O3/c1-27-15-5-2-13(3-6-15)21-20-17(18-12-14(23)4-9-19(18)24-20)10-11-25(21)22(26)28-16-7-8-16/h2-6,9,12,16,21,24H,7-8,10-11H2,1H3. The van der Waals surface area contributed by atoms with Gasteiger partial charge in [0.2, 0.25) is 0 Å². The zero-order chi connectivity index (χ0) is 19.3. The molecule has 28 heavy (non-hydrogen) atoms. The summed E-state index contributed by atoms with van der Waals surface area (Å²) in [5, 5.41) is 1.84. The number of aromatic nitrogens is 1. The van der Waals surface area contributed by atoms with Crippen LogP contribution in [-0.2, 0) is 11.2 Å². The number of amides is 1. The molecule has 5 rings (SSSR count). The maximum absolute atomic E-state index is 12.9. The van der Waals surface area contributed by atoms with Crippen molar-refractivity contribution < 1.29 is 14.3 Å². The van der Waals surface area contributed by atoms with E-state index < -0.39 is 0 Å². The number of fused-ring (bicyclic) bond motifs is 3. The fraction of sp³-hybridized carbons (Fsp3) is 0.318. The first-order chi connectivity index (χ1) is 13.6. The molecule has 1 saturated carbocycles. The number of carbonyl (C=O) groups is 1. The third-order valence-corrected chi connectivity index (χ3v) is 5.78. The number of carbonyl (C=O) groups excluding carboxylic acids is 1. The zero-order valence-electron chi connectivity index (χ0n) is 15.6. The monoisotopic (exact) mass is 396 g/mol. The Kier molecular flexibility index (Phi) is 4.20. The number of H-pyrrole nitrogens is 1. The average Bonchev–Trinajstić information content (AvgIpc) is 3.45. The van der Waals surface area contributed by atoms with Crippen LogP contribution in [0.1, 0.15) is 35.7 Å². The Morgan fingerprint density at radius 3 is 2.68 bits per heavy atom. The molecule has 2 heterocycles. The predicted molar refractivity (Wildman–Crippen MR) is 108 cm³/mol. The maximum Gasteiger partial charge on any atom is 0.410 e. The van der Waals surface area contributed by atoms with Gasteiger partial charge in [-0.1, -0.05) is 23.7 Å². The molecule has 0 bridgehead atoms. The lowest BCUT2D eigenvalue weighted by atomic mass is 9.92. The molecule has 5 nitrogen and oxygen atoms in total. The number of halogens is 1. The topological polar surface area (TPSA) is 54.6 Å². The van der Waals surface area contributed by atoms with Crippen LogP contribution >= 0.6 is 11.6 Å². The van der Waals surface area contributed by atoms with Crippen LogP contribution < -0.4 is 4.74 Å². The van der Waals surface area contributed by atoms with Gasteiger partial charge in [0.1, 0.15) is 17.9 Å². The number of hydrogen-bond acceptors (Lipinski definition) is 3. The van der Waals surface area contributed by atoms with Crippen molar-refractivity contribution in [2.24, 2.45) is 0 Å². The van der Waals surface area contributed by atoms with Crippen LogP contribution in [0.15, 0.2) is 42.5 Å². The molecule has 3 aromatic rings. The summed E-state index contributed by atoms with van der Waals surface area (Å²) in [6.45, 7) is 0.606. The molecule has 1 amide bonds. The predicted octanol–water partition coefficient (Wildman–Crippen LogP) is 5.08. The van der Waals surface area contributed by atoms with Crippen LogP contribution in [0.5, 0.6) is 5.75 Å². The summed E-state index contributed by atoms with van der Waals surface area (Å²) in [7, 11) is 1.65. The first kappa shape index (κ1) is 17.4. The van der Waals surface area contributed by atoms with Gasteiger partial charge in [0.25, 0.3) is 0 Å². The minimum Gasteiger partial charge on any atom is -0.497 e. The van der Waals surface area contributed by atoms with Crippen LogP contribution in [0.25, 0.3) is 10.9 Å². The van der Waals surface area contributed by atoms with Crippen molar-refractivity contribution in [3.63, 3.8) is 0 Å². The second kappa shape index (κ2) is 6.74. The van der Waals surface area contributed by atoms with Gasteiger partial charge in [-0.15, -0.1) is 0 Å². The van der Waals surface area contributed by atoms with Crippen molar-refractivity contribution in [1.29, 1.82) is 0 Å². The summed E-state index contributed by atoms with van der Waals surface area (Å²) >= 11 is 6.24. The van der Waals surface area contributed by atoms with E-state index in [2.05, 4.69) is 4.98 Å². The zero-order valence-corrected chi connectivity index (χ0v) is 16.3. The summed E-state index contributed by atoms with van der Waals surface area (Å²) in [4.78, 5) is 18.2. The molecular weight excluding hydrogens is 376 g/mol. The highest BCUT2D eigenvalue weighted by molar-refractivity contribution is 6.31. The number of benzene rings is 2. The number of ether oxygens (including phenoxy) is 2. The number of methoxy groups -OCH3 is 1. The van der Waals surface area contributed by atoms with Crippen molar-refractivity contribution in [3.05, 3.63) is 64.3 Å². The summed E-state index contributed by atoms with van der Waals surface area (Å²) in [6.07, 6.45) is 2.52. The second-order valence-electron chi connectivity index (χ2n) is 7.41. The lowest BCUT2D eigenvalue weighted by molar-refractivity contribution is 0.0829. The SMILES string of the molecule is COc1ccc(C2c3[nH]c4ccc(Cl)cc4c3CCN2C(=O)OC2CC2)cc1. The summed E-state index contributed by atoms with van der Waals surface area (Å²) < 4.78 is 10.9. The summed E-state index contributed by atoms with van der Waals surface area (Å²) in [5.41, 5.74) is 4.30. The van der Waals surface area contributed by atoms with Gasteiger partial charge in [0.15, 0.2) is 0 Å². The minimum absolute atomic E-state index is 0.0759. The van der Waals surface area contributed by atoms with Gasteiger partial charge in [-0.2, -0.15) is 0 Å². The lowest BCUT2D eigenvalue weighted by Crippen LogP contribution is -2.41. The van der Waals surface area contributed by atoms with Crippen molar-refractivity contribution in [1.82, 2.24) is 9.88 Å². The number of nitrogens with one attached hydrogen (secondary N) is 1. The molecule has 1 N–H and O–H groups in total. The third kappa shape index (κ3) is 3.00. The van der Waals surface area contributed by atoms with E-state index in [1.54, 1.807) is 7.11 Å². The van der Waals surface area contributed by atoms with Gasteiger partial charge in [-0.05, 0) is 60.7 Å². The Bertz CT molecular complexity index is 1040. The lowest BCUT2D eigenvalue weighted by Gasteiger charge is -2.35. The largest absolute Gasteiger partial charge is 0.497 e. The highest BCUT2D eigenvalue weighted by Gasteiger charge is 2.37. The van der Waals surface area contributed by atoms with Crippen LogP contribution in [0.4, 0.5) is 4.79 Å². The molecule has 1 fully saturated rings.